The molecule has 33 heavy (non-hydrogen) atoms. The molecule has 3 aromatic rings. The molecule has 0 aliphatic carbocycles. The smallest absolute Gasteiger partial charge is 0.768 e. The molecule has 1 atom stereocenters. The van der Waals surface area contributed by atoms with Crippen LogP contribution >= 0.6 is 0 Å². The summed E-state index contributed by atoms with van der Waals surface area (Å²) in [5, 5.41) is 20.8. The Balaban J connectivity index is 0.00000341. The molecule has 1 aromatic heterocycles. The number of aromatic amines is 1. The van der Waals surface area contributed by atoms with Crippen LogP contribution in [0.4, 0.5) is 11.4 Å². The van der Waals surface area contributed by atoms with Crippen molar-refractivity contribution in [3.63, 3.8) is 0 Å². The molecule has 0 aliphatic rings. The zero-order valence-corrected chi connectivity index (χ0v) is 25.4. The molecule has 0 amide bonds. The Labute approximate surface area is 256 Å². The van der Waals surface area contributed by atoms with Crippen LogP contribution in [0.1, 0.15) is 5.69 Å². The third-order valence-electron chi connectivity index (χ3n) is 3.82. The minimum absolute atomic E-state index is 0. The molecule has 0 fully saturated rings. The molecule has 1 heterocycles. The first kappa shape index (κ1) is 33.0. The van der Waals surface area contributed by atoms with Crippen LogP contribution in [0.5, 0.6) is 0 Å². The van der Waals surface area contributed by atoms with Gasteiger partial charge in [0.15, 0.2) is 5.69 Å². The Morgan fingerprint density at radius 2 is 1.58 bits per heavy atom. The summed E-state index contributed by atoms with van der Waals surface area (Å²) in [6.45, 7) is -0.544. The predicted molar refractivity (Wildman–Crippen MR) is 96.9 cm³/mol. The fourth-order valence-corrected chi connectivity index (χ4v) is 3.24. The molecule has 0 aliphatic heterocycles. The predicted octanol–water partition coefficient (Wildman–Crippen LogP) is -8.47. The molecule has 17 heteroatoms. The molecule has 3 rings (SSSR count). The van der Waals surface area contributed by atoms with E-state index in [1.807, 2.05) is 0 Å². The molecular weight excluding hydrogens is 509 g/mol. The fourth-order valence-electron chi connectivity index (χ4n) is 2.41. The van der Waals surface area contributed by atoms with Gasteiger partial charge in [0, 0.05) is 4.90 Å². The number of benzene rings is 2. The number of hydrogen-bond acceptors (Lipinski definition) is 10. The van der Waals surface area contributed by atoms with Crippen molar-refractivity contribution >= 4 is 32.6 Å². The minimum atomic E-state index is -4.65. The van der Waals surface area contributed by atoms with Crippen molar-refractivity contribution in [1.82, 2.24) is 9.78 Å². The molecule has 0 spiro atoms. The van der Waals surface area contributed by atoms with Gasteiger partial charge in [-0.25, -0.2) is 13.1 Å². The SMILES string of the molecule is O=c1c(N=Nc2ccc(S(=O)[O-])cc2)c(CO[O-])[nH]n1-c1ccc(S(=O)(=O)[O-])cc1.[Na+].[Na+].[Na+]. The van der Waals surface area contributed by atoms with Gasteiger partial charge in [-0.2, -0.15) is 5.11 Å². The summed E-state index contributed by atoms with van der Waals surface area (Å²) in [6.07, 6.45) is 0. The summed E-state index contributed by atoms with van der Waals surface area (Å²) in [4.78, 5) is 16.0. The Morgan fingerprint density at radius 3 is 2.06 bits per heavy atom. The monoisotopic (exact) mass is 520 g/mol. The van der Waals surface area contributed by atoms with Crippen LogP contribution in [0.25, 0.3) is 5.69 Å². The summed E-state index contributed by atoms with van der Waals surface area (Å²) in [5.74, 6) is 0. The molecule has 0 bridgehead atoms. The zero-order chi connectivity index (χ0) is 21.9. The first-order valence-electron chi connectivity index (χ1n) is 7.97. The Kier molecular flexibility index (Phi) is 14.5. The van der Waals surface area contributed by atoms with Gasteiger partial charge >= 0.3 is 88.7 Å². The van der Waals surface area contributed by atoms with Crippen molar-refractivity contribution in [3.05, 3.63) is 64.6 Å². The Hall–Kier alpha value is -0.01000. The van der Waals surface area contributed by atoms with E-state index in [9.17, 15) is 31.8 Å². The summed E-state index contributed by atoms with van der Waals surface area (Å²) < 4.78 is 55.8. The van der Waals surface area contributed by atoms with Gasteiger partial charge in [0.05, 0.1) is 28.6 Å². The van der Waals surface area contributed by atoms with Gasteiger partial charge in [-0.1, -0.05) is 0 Å². The number of hydrogen-bond donors (Lipinski definition) is 1. The molecule has 2 aromatic carbocycles. The number of aromatic nitrogens is 2. The number of rotatable bonds is 7. The van der Waals surface area contributed by atoms with E-state index < -0.39 is 38.3 Å². The average Bonchev–Trinajstić information content (AvgIpc) is 3.02. The van der Waals surface area contributed by atoms with Crippen LogP contribution in [-0.4, -0.2) is 31.5 Å². The standard InChI is InChI=1S/C16H14N4O8S2.3Na/c21-16-15(18-17-10-1-5-12(6-2-10)29(23)24)14(9-28-22)19-20(16)11-3-7-13(8-4-11)30(25,26)27;;;/h1-8,19,22H,9H2,(H,23,24)(H,25,26,27);;;/q;3*+1/p-3. The van der Waals surface area contributed by atoms with E-state index in [1.54, 1.807) is 0 Å². The van der Waals surface area contributed by atoms with Gasteiger partial charge in [0.1, 0.15) is 10.1 Å². The van der Waals surface area contributed by atoms with Gasteiger partial charge in [0.25, 0.3) is 5.56 Å². The Morgan fingerprint density at radius 1 is 1.00 bits per heavy atom. The van der Waals surface area contributed by atoms with Crippen molar-refractivity contribution in [1.29, 1.82) is 0 Å². The van der Waals surface area contributed by atoms with E-state index in [4.69, 9.17) is 0 Å². The summed E-state index contributed by atoms with van der Waals surface area (Å²) in [7, 11) is -4.65. The van der Waals surface area contributed by atoms with Crippen molar-refractivity contribution < 1.29 is 121 Å². The van der Waals surface area contributed by atoms with Crippen molar-refractivity contribution in [3.8, 4) is 5.69 Å². The van der Waals surface area contributed by atoms with E-state index in [2.05, 4.69) is 20.2 Å². The second-order valence-electron chi connectivity index (χ2n) is 5.72. The van der Waals surface area contributed by atoms with Gasteiger partial charge < -0.3 is 19.3 Å². The van der Waals surface area contributed by atoms with Crippen molar-refractivity contribution in [2.45, 2.75) is 16.4 Å². The maximum absolute atomic E-state index is 12.7. The second-order valence-corrected chi connectivity index (χ2v) is 8.04. The molecule has 1 N–H and O–H groups in total. The quantitative estimate of drug-likeness (QED) is 0.0793. The van der Waals surface area contributed by atoms with E-state index in [0.717, 1.165) is 16.8 Å². The molecule has 0 saturated heterocycles. The zero-order valence-electron chi connectivity index (χ0n) is 17.8. The van der Waals surface area contributed by atoms with Crippen LogP contribution in [0.15, 0.2) is 73.3 Å². The minimum Gasteiger partial charge on any atom is -0.768 e. The fraction of sp³-hybridized carbons (Fsp3) is 0.0625. The van der Waals surface area contributed by atoms with Gasteiger partial charge in [0.2, 0.25) is 0 Å². The largest absolute Gasteiger partial charge is 1.00 e. The first-order valence-corrected chi connectivity index (χ1v) is 10.4. The van der Waals surface area contributed by atoms with Crippen molar-refractivity contribution in [2.24, 2.45) is 10.2 Å². The van der Waals surface area contributed by atoms with Crippen LogP contribution in [-0.2, 0) is 32.7 Å². The third-order valence-corrected chi connectivity index (χ3v) is 5.33. The number of H-pyrrole nitrogens is 1. The molecule has 158 valence electrons. The van der Waals surface area contributed by atoms with Gasteiger partial charge in [-0.15, -0.1) is 5.11 Å². The first-order chi connectivity index (χ1) is 14.2. The molecule has 1 unspecified atom stereocenters. The Bertz CT molecular complexity index is 1280. The molecule has 12 nitrogen and oxygen atoms in total. The maximum Gasteiger partial charge on any atom is 1.00 e. The van der Waals surface area contributed by atoms with E-state index in [-0.39, 0.29) is 116 Å². The molecule has 0 radical (unpaired) electrons. The van der Waals surface area contributed by atoms with Crippen molar-refractivity contribution in [2.75, 3.05) is 0 Å². The molecular formula is C16H11N4Na3O8S2. The maximum atomic E-state index is 12.7. The number of nitrogens with zero attached hydrogens (tertiary/aromatic N) is 3. The topological polar surface area (TPSA) is 192 Å². The number of nitrogens with one attached hydrogen (secondary N) is 1. The normalized spacial score (nSPS) is 11.8. The molecule has 0 saturated carbocycles. The van der Waals surface area contributed by atoms with E-state index in [0.29, 0.717) is 0 Å². The average molecular weight is 520 g/mol. The third kappa shape index (κ3) is 8.56. The number of azo groups is 1. The van der Waals surface area contributed by atoms with E-state index in [1.165, 1.54) is 36.4 Å². The van der Waals surface area contributed by atoms with Crippen LogP contribution in [0.2, 0.25) is 0 Å². The summed E-state index contributed by atoms with van der Waals surface area (Å²) in [6, 6.07) is 9.80. The summed E-state index contributed by atoms with van der Waals surface area (Å²) in [5.41, 5.74) is -0.557. The van der Waals surface area contributed by atoms with Gasteiger partial charge in [-0.3, -0.25) is 14.1 Å². The van der Waals surface area contributed by atoms with Gasteiger partial charge in [-0.05, 0) is 59.6 Å². The van der Waals surface area contributed by atoms with Crippen LogP contribution in [0.3, 0.4) is 0 Å². The van der Waals surface area contributed by atoms with E-state index >= 15 is 0 Å². The van der Waals surface area contributed by atoms with Crippen LogP contribution < -0.4 is 99.5 Å². The van der Waals surface area contributed by atoms with Crippen LogP contribution in [0, 0.1) is 0 Å². The summed E-state index contributed by atoms with van der Waals surface area (Å²) >= 11 is -2.40. The second kappa shape index (κ2) is 14.5.